The van der Waals surface area contributed by atoms with Gasteiger partial charge in [0.15, 0.2) is 0 Å². The molecule has 0 aliphatic carbocycles. The van der Waals surface area contributed by atoms with E-state index in [0.29, 0.717) is 19.0 Å². The number of ether oxygens (including phenoxy) is 1. The Kier molecular flexibility index (Phi) is 6.10. The Morgan fingerprint density at radius 1 is 1.19 bits per heavy atom. The number of likely N-dealkylation sites (N-methyl/N-ethyl adjacent to an activating group) is 1. The van der Waals surface area contributed by atoms with Gasteiger partial charge in [-0.3, -0.25) is 0 Å². The fourth-order valence-corrected chi connectivity index (χ4v) is 4.14. The average molecular weight is 376 g/mol. The van der Waals surface area contributed by atoms with Gasteiger partial charge in [0, 0.05) is 51.8 Å². The lowest BCUT2D eigenvalue weighted by atomic mass is 10.0. The Morgan fingerprint density at radius 2 is 1.96 bits per heavy atom. The quantitative estimate of drug-likeness (QED) is 0.808. The maximum Gasteiger partial charge on any atom is 0.227 e. The van der Waals surface area contributed by atoms with E-state index < -0.39 is 0 Å². The van der Waals surface area contributed by atoms with Gasteiger partial charge < -0.3 is 24.5 Å². The maximum atomic E-state index is 9.66. The number of aliphatic hydroxyl groups excluding tert-OH is 1. The van der Waals surface area contributed by atoms with E-state index in [0.717, 1.165) is 50.2 Å². The fraction of sp³-hybridized carbons (Fsp3) is 0.800. The second-order valence-corrected chi connectivity index (χ2v) is 8.25. The Labute approximate surface area is 162 Å². The van der Waals surface area contributed by atoms with Gasteiger partial charge in [-0.25, -0.2) is 4.98 Å². The molecule has 0 aromatic carbocycles. The summed E-state index contributed by atoms with van der Waals surface area (Å²) in [5.74, 6) is 2.09. The zero-order valence-electron chi connectivity index (χ0n) is 16.5. The molecule has 0 radical (unpaired) electrons. The molecular formula is C20H33N5O2. The van der Waals surface area contributed by atoms with Gasteiger partial charge in [-0.05, 0) is 32.4 Å². The number of hydrogen-bond acceptors (Lipinski definition) is 7. The number of likely N-dealkylation sites (tertiary alicyclic amines) is 1. The summed E-state index contributed by atoms with van der Waals surface area (Å²) in [7, 11) is 2.13. The summed E-state index contributed by atoms with van der Waals surface area (Å²) < 4.78 is 5.57. The first-order chi connectivity index (χ1) is 13.2. The molecule has 3 saturated heterocycles. The number of nitrogens with zero attached hydrogens (tertiary/aromatic N) is 5. The maximum absolute atomic E-state index is 9.66. The van der Waals surface area contributed by atoms with Crippen molar-refractivity contribution in [2.24, 2.45) is 0 Å². The van der Waals surface area contributed by atoms with Gasteiger partial charge in [-0.15, -0.1) is 0 Å². The predicted octanol–water partition coefficient (Wildman–Crippen LogP) is 1.47. The normalized spacial score (nSPS) is 24.7. The molecule has 4 rings (SSSR count). The summed E-state index contributed by atoms with van der Waals surface area (Å²) in [5, 5.41) is 9.66. The highest BCUT2D eigenvalue weighted by molar-refractivity contribution is 5.47. The molecular weight excluding hydrogens is 342 g/mol. The molecule has 0 bridgehead atoms. The van der Waals surface area contributed by atoms with Crippen molar-refractivity contribution in [2.45, 2.75) is 44.1 Å². The highest BCUT2D eigenvalue weighted by atomic mass is 16.5. The SMILES string of the molecule is CN(CCN1CCCCCC1)c1cc(C2CCOC2)nc(N2CC(O)C2)n1. The minimum atomic E-state index is -0.253. The largest absolute Gasteiger partial charge is 0.389 e. The third kappa shape index (κ3) is 4.70. The molecule has 27 heavy (non-hydrogen) atoms. The van der Waals surface area contributed by atoms with Crippen LogP contribution in [0, 0.1) is 0 Å². The smallest absolute Gasteiger partial charge is 0.227 e. The van der Waals surface area contributed by atoms with Gasteiger partial charge in [0.05, 0.1) is 18.4 Å². The summed E-state index contributed by atoms with van der Waals surface area (Å²) >= 11 is 0. The van der Waals surface area contributed by atoms with E-state index in [-0.39, 0.29) is 6.10 Å². The van der Waals surface area contributed by atoms with E-state index in [4.69, 9.17) is 14.7 Å². The number of rotatable bonds is 6. The molecule has 3 fully saturated rings. The lowest BCUT2D eigenvalue weighted by molar-refractivity contribution is 0.140. The van der Waals surface area contributed by atoms with Crippen LogP contribution in [0.1, 0.15) is 43.7 Å². The molecule has 1 N–H and O–H groups in total. The van der Waals surface area contributed by atoms with Crippen molar-refractivity contribution in [3.63, 3.8) is 0 Å². The molecule has 7 heteroatoms. The summed E-state index contributed by atoms with van der Waals surface area (Å²) in [5.41, 5.74) is 1.08. The lowest BCUT2D eigenvalue weighted by Crippen LogP contribution is -2.51. The van der Waals surface area contributed by atoms with E-state index in [9.17, 15) is 5.11 Å². The van der Waals surface area contributed by atoms with Gasteiger partial charge in [0.25, 0.3) is 0 Å². The molecule has 1 unspecified atom stereocenters. The van der Waals surface area contributed by atoms with Crippen LogP contribution in [0.3, 0.4) is 0 Å². The number of aromatic nitrogens is 2. The van der Waals surface area contributed by atoms with Gasteiger partial charge in [0.2, 0.25) is 5.95 Å². The van der Waals surface area contributed by atoms with E-state index >= 15 is 0 Å². The molecule has 0 amide bonds. The van der Waals surface area contributed by atoms with Crippen LogP contribution in [0.4, 0.5) is 11.8 Å². The first-order valence-corrected chi connectivity index (χ1v) is 10.5. The molecule has 3 aliphatic heterocycles. The van der Waals surface area contributed by atoms with Gasteiger partial charge in [-0.1, -0.05) is 12.8 Å². The molecule has 0 spiro atoms. The first kappa shape index (κ1) is 18.9. The molecule has 3 aliphatic rings. The molecule has 150 valence electrons. The second kappa shape index (κ2) is 8.71. The predicted molar refractivity (Wildman–Crippen MR) is 107 cm³/mol. The summed E-state index contributed by atoms with van der Waals surface area (Å²) in [6.45, 7) is 7.31. The molecule has 1 atom stereocenters. The van der Waals surface area contributed by atoms with Crippen LogP contribution < -0.4 is 9.80 Å². The Morgan fingerprint density at radius 3 is 2.63 bits per heavy atom. The van der Waals surface area contributed by atoms with E-state index in [2.05, 4.69) is 27.8 Å². The van der Waals surface area contributed by atoms with Gasteiger partial charge in [-0.2, -0.15) is 4.98 Å². The molecule has 1 aromatic heterocycles. The van der Waals surface area contributed by atoms with Gasteiger partial charge in [0.1, 0.15) is 5.82 Å². The number of aliphatic hydroxyl groups is 1. The van der Waals surface area contributed by atoms with Crippen LogP contribution in [0.15, 0.2) is 6.07 Å². The average Bonchev–Trinajstić information content (AvgIpc) is 3.07. The number of hydrogen-bond donors (Lipinski definition) is 1. The van der Waals surface area contributed by atoms with Crippen LogP contribution in [0.2, 0.25) is 0 Å². The zero-order chi connectivity index (χ0) is 18.6. The van der Waals surface area contributed by atoms with Crippen molar-refractivity contribution in [1.82, 2.24) is 14.9 Å². The monoisotopic (exact) mass is 375 g/mol. The van der Waals surface area contributed by atoms with Gasteiger partial charge >= 0.3 is 0 Å². The summed E-state index contributed by atoms with van der Waals surface area (Å²) in [6, 6.07) is 2.14. The zero-order valence-corrected chi connectivity index (χ0v) is 16.5. The summed E-state index contributed by atoms with van der Waals surface area (Å²) in [6.07, 6.45) is 6.16. The molecule has 7 nitrogen and oxygen atoms in total. The highest BCUT2D eigenvalue weighted by Gasteiger charge is 2.29. The third-order valence-electron chi connectivity index (χ3n) is 6.06. The number of anilines is 2. The van der Waals surface area contributed by atoms with E-state index in [1.54, 1.807) is 0 Å². The van der Waals surface area contributed by atoms with Crippen LogP contribution >= 0.6 is 0 Å². The Hall–Kier alpha value is -1.44. The number of β-amino-alcohol motifs (C(OH)–C–C–N with tert-alkyl or cyclic N) is 1. The van der Waals surface area contributed by atoms with E-state index in [1.807, 2.05) is 0 Å². The highest BCUT2D eigenvalue weighted by Crippen LogP contribution is 2.29. The standard InChI is InChI=1S/C20H33N5O2/c1-23(9-10-24-7-4-2-3-5-8-24)19-12-18(16-6-11-27-15-16)21-20(22-19)25-13-17(26)14-25/h12,16-17,26H,2-11,13-15H2,1H3. The fourth-order valence-electron chi connectivity index (χ4n) is 4.14. The summed E-state index contributed by atoms with van der Waals surface area (Å²) in [4.78, 5) is 16.5. The van der Waals surface area contributed by atoms with Crippen LogP contribution in [0.25, 0.3) is 0 Å². The van der Waals surface area contributed by atoms with Crippen molar-refractivity contribution in [3.05, 3.63) is 11.8 Å². The molecule has 0 saturated carbocycles. The topological polar surface area (TPSA) is 65.0 Å². The molecule has 4 heterocycles. The molecule has 1 aromatic rings. The van der Waals surface area contributed by atoms with Crippen LogP contribution in [0.5, 0.6) is 0 Å². The Balaban J connectivity index is 1.45. The van der Waals surface area contributed by atoms with Crippen molar-refractivity contribution >= 4 is 11.8 Å². The van der Waals surface area contributed by atoms with Crippen molar-refractivity contribution in [1.29, 1.82) is 0 Å². The minimum Gasteiger partial charge on any atom is -0.389 e. The second-order valence-electron chi connectivity index (χ2n) is 8.25. The van der Waals surface area contributed by atoms with Crippen molar-refractivity contribution in [2.75, 3.05) is 69.3 Å². The van der Waals surface area contributed by atoms with Crippen LogP contribution in [-0.2, 0) is 4.74 Å². The lowest BCUT2D eigenvalue weighted by Gasteiger charge is -2.36. The minimum absolute atomic E-state index is 0.253. The Bertz CT molecular complexity index is 608. The third-order valence-corrected chi connectivity index (χ3v) is 6.06. The van der Waals surface area contributed by atoms with Crippen LogP contribution in [-0.4, -0.2) is 85.6 Å². The van der Waals surface area contributed by atoms with E-state index in [1.165, 1.54) is 38.8 Å². The van der Waals surface area contributed by atoms with Crippen molar-refractivity contribution in [3.8, 4) is 0 Å². The van der Waals surface area contributed by atoms with Crippen molar-refractivity contribution < 1.29 is 9.84 Å². The first-order valence-electron chi connectivity index (χ1n) is 10.5.